The molecule has 0 bridgehead atoms. The number of rotatable bonds is 7. The number of carbonyl (C=O) groups is 1. The number of nitrogens with zero attached hydrogens (tertiary/aromatic N) is 5. The Morgan fingerprint density at radius 2 is 2.06 bits per heavy atom. The number of fused-ring (bicyclic) bond motifs is 1. The summed E-state index contributed by atoms with van der Waals surface area (Å²) in [5.74, 6) is 0.568. The molecule has 1 fully saturated rings. The predicted molar refractivity (Wildman–Crippen MR) is 122 cm³/mol. The number of halogens is 1. The van der Waals surface area contributed by atoms with Crippen molar-refractivity contribution >= 4 is 34.4 Å². The molecule has 10 nitrogen and oxygen atoms in total. The average molecular weight is 466 g/mol. The summed E-state index contributed by atoms with van der Waals surface area (Å²) in [5, 5.41) is 20.3. The molecule has 3 aromatic heterocycles. The first kappa shape index (κ1) is 21.3. The smallest absolute Gasteiger partial charge is 0.268 e. The number of pyridine rings is 1. The van der Waals surface area contributed by atoms with Gasteiger partial charge in [0, 0.05) is 31.4 Å². The molecule has 3 N–H and O–H groups in total. The number of hydrogen-bond acceptors (Lipinski definition) is 8. The van der Waals surface area contributed by atoms with Gasteiger partial charge in [-0.25, -0.2) is 9.97 Å². The van der Waals surface area contributed by atoms with Gasteiger partial charge < -0.3 is 15.2 Å². The van der Waals surface area contributed by atoms with Crippen LogP contribution in [0.5, 0.6) is 5.88 Å². The fourth-order valence-corrected chi connectivity index (χ4v) is 3.76. The molecular weight excluding hydrogens is 446 g/mol. The first-order valence-corrected chi connectivity index (χ1v) is 10.7. The number of nitrogens with one attached hydrogen (secondary N) is 2. The van der Waals surface area contributed by atoms with Crippen LogP contribution < -0.4 is 10.1 Å². The van der Waals surface area contributed by atoms with Crippen molar-refractivity contribution in [2.45, 2.75) is 12.2 Å². The van der Waals surface area contributed by atoms with E-state index < -0.39 is 12.2 Å². The summed E-state index contributed by atoms with van der Waals surface area (Å²) in [6, 6.07) is 12.4. The maximum absolute atomic E-state index is 13.1. The molecule has 168 valence electrons. The molecule has 0 saturated carbocycles. The highest BCUT2D eigenvalue weighted by molar-refractivity contribution is 6.33. The minimum Gasteiger partial charge on any atom is -0.462 e. The molecule has 5 rings (SSSR count). The maximum Gasteiger partial charge on any atom is 0.268 e. The first-order valence-electron chi connectivity index (χ1n) is 10.3. The normalized spacial score (nSPS) is 15.2. The fraction of sp³-hybridized carbons (Fsp3) is 0.227. The van der Waals surface area contributed by atoms with E-state index in [0.717, 1.165) is 0 Å². The highest BCUT2D eigenvalue weighted by Gasteiger charge is 2.32. The Labute approximate surface area is 193 Å². The molecule has 1 aliphatic rings. The molecule has 33 heavy (non-hydrogen) atoms. The fourth-order valence-electron chi connectivity index (χ4n) is 3.54. The Morgan fingerprint density at radius 1 is 1.24 bits per heavy atom. The number of benzene rings is 1. The SMILES string of the molecule is O=C(Nc1ccccn1)[C@H](CN1CC(O)C1)Oc1nc(-c2ccccc2Cl)nc2[nH]ncc12. The third kappa shape index (κ3) is 4.63. The third-order valence-corrected chi connectivity index (χ3v) is 5.54. The zero-order valence-corrected chi connectivity index (χ0v) is 18.1. The molecule has 0 aliphatic carbocycles. The van der Waals surface area contributed by atoms with Gasteiger partial charge in [-0.05, 0) is 24.3 Å². The number of amides is 1. The minimum atomic E-state index is -0.924. The van der Waals surface area contributed by atoms with Gasteiger partial charge >= 0.3 is 0 Å². The van der Waals surface area contributed by atoms with Gasteiger partial charge in [0.2, 0.25) is 5.88 Å². The number of ether oxygens (including phenoxy) is 1. The largest absolute Gasteiger partial charge is 0.462 e. The Balaban J connectivity index is 1.47. The van der Waals surface area contributed by atoms with E-state index in [0.29, 0.717) is 46.4 Å². The van der Waals surface area contributed by atoms with Crippen LogP contribution in [0.25, 0.3) is 22.4 Å². The number of anilines is 1. The minimum absolute atomic E-state index is 0.200. The van der Waals surface area contributed by atoms with Gasteiger partial charge in [-0.2, -0.15) is 10.1 Å². The zero-order valence-electron chi connectivity index (χ0n) is 17.3. The van der Waals surface area contributed by atoms with Crippen molar-refractivity contribution in [1.82, 2.24) is 30.0 Å². The molecule has 11 heteroatoms. The number of β-amino-alcohol motifs (C(OH)–C–C–N with tert-alkyl or cyclic N) is 1. The van der Waals surface area contributed by atoms with Crippen LogP contribution in [0.1, 0.15) is 0 Å². The van der Waals surface area contributed by atoms with Gasteiger partial charge in [-0.15, -0.1) is 0 Å². The van der Waals surface area contributed by atoms with Crippen LogP contribution in [-0.4, -0.2) is 72.9 Å². The molecule has 0 unspecified atom stereocenters. The molecule has 1 atom stereocenters. The molecule has 1 aliphatic heterocycles. The van der Waals surface area contributed by atoms with Crippen molar-refractivity contribution in [3.63, 3.8) is 0 Å². The lowest BCUT2D eigenvalue weighted by Gasteiger charge is -2.37. The van der Waals surface area contributed by atoms with E-state index in [1.165, 1.54) is 0 Å². The van der Waals surface area contributed by atoms with Crippen LogP contribution in [0, 0.1) is 0 Å². The van der Waals surface area contributed by atoms with Crippen molar-refractivity contribution in [3.05, 3.63) is 59.9 Å². The van der Waals surface area contributed by atoms with Crippen LogP contribution in [0.15, 0.2) is 54.9 Å². The number of hydrogen-bond donors (Lipinski definition) is 3. The van der Waals surface area contributed by atoms with E-state index in [4.69, 9.17) is 16.3 Å². The van der Waals surface area contributed by atoms with E-state index >= 15 is 0 Å². The number of likely N-dealkylation sites (tertiary alicyclic amines) is 1. The van der Waals surface area contributed by atoms with Crippen molar-refractivity contribution < 1.29 is 14.6 Å². The van der Waals surface area contributed by atoms with E-state index in [-0.39, 0.29) is 18.3 Å². The number of aromatic nitrogens is 5. The van der Waals surface area contributed by atoms with E-state index in [9.17, 15) is 9.90 Å². The van der Waals surface area contributed by atoms with E-state index in [1.807, 2.05) is 17.0 Å². The van der Waals surface area contributed by atoms with Gasteiger partial charge in [0.15, 0.2) is 17.6 Å². The third-order valence-electron chi connectivity index (χ3n) is 5.21. The molecule has 4 aromatic rings. The lowest BCUT2D eigenvalue weighted by atomic mass is 10.1. The summed E-state index contributed by atoms with van der Waals surface area (Å²) >= 11 is 6.34. The quantitative estimate of drug-likeness (QED) is 0.378. The van der Waals surface area contributed by atoms with Gasteiger partial charge in [-0.3, -0.25) is 14.8 Å². The lowest BCUT2D eigenvalue weighted by molar-refractivity contribution is -0.125. The van der Waals surface area contributed by atoms with Crippen molar-refractivity contribution in [2.75, 3.05) is 25.0 Å². The second-order valence-corrected chi connectivity index (χ2v) is 8.05. The van der Waals surface area contributed by atoms with Crippen LogP contribution >= 0.6 is 11.6 Å². The van der Waals surface area contributed by atoms with Crippen molar-refractivity contribution in [2.24, 2.45) is 0 Å². The zero-order chi connectivity index (χ0) is 22.8. The van der Waals surface area contributed by atoms with Gasteiger partial charge in [0.05, 0.1) is 17.3 Å². The van der Waals surface area contributed by atoms with Gasteiger partial charge in [0.1, 0.15) is 11.2 Å². The van der Waals surface area contributed by atoms with E-state index in [1.54, 1.807) is 42.7 Å². The van der Waals surface area contributed by atoms with Crippen LogP contribution in [0.3, 0.4) is 0 Å². The van der Waals surface area contributed by atoms with Crippen molar-refractivity contribution in [3.8, 4) is 17.3 Å². The summed E-state index contributed by atoms with van der Waals surface area (Å²) in [4.78, 5) is 28.2. The predicted octanol–water partition coefficient (Wildman–Crippen LogP) is 2.13. The van der Waals surface area contributed by atoms with Crippen LogP contribution in [-0.2, 0) is 4.79 Å². The highest BCUT2D eigenvalue weighted by atomic mass is 35.5. The molecule has 1 aromatic carbocycles. The van der Waals surface area contributed by atoms with Crippen LogP contribution in [0.2, 0.25) is 5.02 Å². The Hall–Kier alpha value is -3.60. The Kier molecular flexibility index (Phi) is 5.86. The second-order valence-electron chi connectivity index (χ2n) is 7.65. The number of aliphatic hydroxyl groups excluding tert-OH is 1. The number of aromatic amines is 1. The molecular formula is C22H20ClN7O3. The van der Waals surface area contributed by atoms with Crippen LogP contribution in [0.4, 0.5) is 5.82 Å². The standard InChI is InChI=1S/C22H20ClN7O3/c23-16-6-2-1-5-14(16)19-27-20-15(9-25-29-20)22(28-19)33-17(12-30-10-13(31)11-30)21(32)26-18-7-3-4-8-24-18/h1-9,13,17,31H,10-12H2,(H,24,26,32)(H,25,27,28,29)/t17-/m0/s1. The topological polar surface area (TPSA) is 129 Å². The first-order chi connectivity index (χ1) is 16.1. The summed E-state index contributed by atoms with van der Waals surface area (Å²) in [6.45, 7) is 1.19. The number of H-pyrrole nitrogens is 1. The average Bonchev–Trinajstić information content (AvgIpc) is 3.27. The van der Waals surface area contributed by atoms with Crippen molar-refractivity contribution in [1.29, 1.82) is 0 Å². The lowest BCUT2D eigenvalue weighted by Crippen LogP contribution is -2.55. The number of aliphatic hydroxyl groups is 1. The molecule has 1 saturated heterocycles. The maximum atomic E-state index is 13.1. The van der Waals surface area contributed by atoms with Gasteiger partial charge in [0.25, 0.3) is 5.91 Å². The Morgan fingerprint density at radius 3 is 2.82 bits per heavy atom. The molecule has 4 heterocycles. The molecule has 1 amide bonds. The Bertz CT molecular complexity index is 1280. The summed E-state index contributed by atoms with van der Waals surface area (Å²) < 4.78 is 6.15. The monoisotopic (exact) mass is 465 g/mol. The number of carbonyl (C=O) groups excluding carboxylic acids is 1. The summed E-state index contributed by atoms with van der Waals surface area (Å²) in [6.07, 6.45) is 1.80. The summed E-state index contributed by atoms with van der Waals surface area (Å²) in [5.41, 5.74) is 1.08. The van der Waals surface area contributed by atoms with Gasteiger partial charge in [-0.1, -0.05) is 29.8 Å². The highest BCUT2D eigenvalue weighted by Crippen LogP contribution is 2.30. The molecule has 0 spiro atoms. The second kappa shape index (κ2) is 9.10. The molecule has 0 radical (unpaired) electrons. The summed E-state index contributed by atoms with van der Waals surface area (Å²) in [7, 11) is 0. The van der Waals surface area contributed by atoms with E-state index in [2.05, 4.69) is 30.5 Å².